The van der Waals surface area contributed by atoms with E-state index in [1.54, 1.807) is 7.05 Å². The van der Waals surface area contributed by atoms with Crippen LogP contribution >= 0.6 is 0 Å². The molecule has 4 nitrogen and oxygen atoms in total. The molecule has 19 heavy (non-hydrogen) atoms. The average Bonchev–Trinajstić information content (AvgIpc) is 2.46. The van der Waals surface area contributed by atoms with Gasteiger partial charge in [-0.15, -0.1) is 0 Å². The van der Waals surface area contributed by atoms with E-state index in [-0.39, 0.29) is 5.97 Å². The van der Waals surface area contributed by atoms with Crippen LogP contribution in [0.5, 0.6) is 0 Å². The van der Waals surface area contributed by atoms with Crippen molar-refractivity contribution in [2.75, 3.05) is 20.8 Å². The average molecular weight is 271 g/mol. The number of carbonyl (C=O) groups is 1. The molecule has 3 unspecified atom stereocenters. The first-order valence-electron chi connectivity index (χ1n) is 7.46. The predicted octanol–water partition coefficient (Wildman–Crippen LogP) is 2.51. The van der Waals surface area contributed by atoms with Crippen molar-refractivity contribution in [2.45, 2.75) is 64.0 Å². The maximum atomic E-state index is 11.7. The summed E-state index contributed by atoms with van der Waals surface area (Å²) in [5, 5.41) is 3.04. The van der Waals surface area contributed by atoms with E-state index in [0.29, 0.717) is 25.0 Å². The third-order valence-corrected chi connectivity index (χ3v) is 4.49. The Bertz CT molecular complexity index is 283. The van der Waals surface area contributed by atoms with Crippen LogP contribution in [0.2, 0.25) is 0 Å². The zero-order valence-corrected chi connectivity index (χ0v) is 12.8. The van der Waals surface area contributed by atoms with Crippen LogP contribution in [0.1, 0.15) is 52.4 Å². The van der Waals surface area contributed by atoms with Crippen LogP contribution in [0.25, 0.3) is 0 Å². The Morgan fingerprint density at radius 3 is 2.63 bits per heavy atom. The first-order chi connectivity index (χ1) is 9.07. The number of nitrogens with one attached hydrogen (secondary N) is 1. The van der Waals surface area contributed by atoms with Crippen LogP contribution in [0.4, 0.5) is 0 Å². The lowest BCUT2D eigenvalue weighted by molar-refractivity contribution is -0.149. The molecule has 0 aromatic carbocycles. The van der Waals surface area contributed by atoms with Crippen molar-refractivity contribution in [3.05, 3.63) is 0 Å². The highest BCUT2D eigenvalue weighted by Gasteiger charge is 2.33. The Morgan fingerprint density at radius 2 is 2.05 bits per heavy atom. The standard InChI is InChI=1S/C15H29NO3/c1-5-12-8-6-7-9-13(12)19-11-10-15(2,16-3)14(17)18-4/h12-13,16H,5-11H2,1-4H3. The molecule has 1 N–H and O–H groups in total. The molecule has 112 valence electrons. The normalized spacial score (nSPS) is 26.7. The molecule has 3 atom stereocenters. The second-order valence-corrected chi connectivity index (χ2v) is 5.69. The number of esters is 1. The number of methoxy groups -OCH3 is 1. The number of carbonyl (C=O) groups excluding carboxylic acids is 1. The molecule has 0 aromatic rings. The third kappa shape index (κ3) is 4.46. The van der Waals surface area contributed by atoms with Crippen molar-refractivity contribution in [3.63, 3.8) is 0 Å². The van der Waals surface area contributed by atoms with Crippen molar-refractivity contribution in [1.29, 1.82) is 0 Å². The molecule has 1 fully saturated rings. The summed E-state index contributed by atoms with van der Waals surface area (Å²) in [5.74, 6) is 0.460. The van der Waals surface area contributed by atoms with Gasteiger partial charge in [-0.05, 0) is 39.2 Å². The quantitative estimate of drug-likeness (QED) is 0.723. The van der Waals surface area contributed by atoms with Gasteiger partial charge in [-0.3, -0.25) is 4.79 Å². The number of rotatable bonds is 7. The number of ether oxygens (including phenoxy) is 2. The van der Waals surface area contributed by atoms with Gasteiger partial charge < -0.3 is 14.8 Å². The van der Waals surface area contributed by atoms with Gasteiger partial charge in [0.15, 0.2) is 0 Å². The van der Waals surface area contributed by atoms with E-state index >= 15 is 0 Å². The summed E-state index contributed by atoms with van der Waals surface area (Å²) in [4.78, 5) is 11.7. The smallest absolute Gasteiger partial charge is 0.325 e. The van der Waals surface area contributed by atoms with E-state index in [1.165, 1.54) is 32.8 Å². The molecular weight excluding hydrogens is 242 g/mol. The third-order valence-electron chi connectivity index (χ3n) is 4.49. The van der Waals surface area contributed by atoms with Crippen molar-refractivity contribution in [1.82, 2.24) is 5.32 Å². The van der Waals surface area contributed by atoms with Gasteiger partial charge in [-0.25, -0.2) is 0 Å². The van der Waals surface area contributed by atoms with E-state index in [0.717, 1.165) is 6.42 Å². The molecule has 0 radical (unpaired) electrons. The number of likely N-dealkylation sites (N-methyl/N-ethyl adjacent to an activating group) is 1. The molecule has 0 bridgehead atoms. The lowest BCUT2D eigenvalue weighted by Gasteiger charge is -2.32. The Hall–Kier alpha value is -0.610. The summed E-state index contributed by atoms with van der Waals surface area (Å²) in [5.41, 5.74) is -0.648. The maximum absolute atomic E-state index is 11.7. The van der Waals surface area contributed by atoms with Crippen LogP contribution in [0.15, 0.2) is 0 Å². The molecule has 0 saturated heterocycles. The first-order valence-corrected chi connectivity index (χ1v) is 7.46. The molecule has 1 aliphatic carbocycles. The number of hydrogen-bond donors (Lipinski definition) is 1. The molecule has 0 spiro atoms. The van der Waals surface area contributed by atoms with Gasteiger partial charge in [0.1, 0.15) is 5.54 Å². The molecule has 1 saturated carbocycles. The van der Waals surface area contributed by atoms with Crippen LogP contribution in [0.3, 0.4) is 0 Å². The number of hydrogen-bond acceptors (Lipinski definition) is 4. The fourth-order valence-electron chi connectivity index (χ4n) is 2.83. The SMILES string of the molecule is CCC1CCCCC1OCCC(C)(NC)C(=O)OC. The van der Waals surface area contributed by atoms with Gasteiger partial charge in [0, 0.05) is 6.61 Å². The highest BCUT2D eigenvalue weighted by atomic mass is 16.5. The molecule has 0 amide bonds. The predicted molar refractivity (Wildman–Crippen MR) is 76.1 cm³/mol. The lowest BCUT2D eigenvalue weighted by Crippen LogP contribution is -2.49. The van der Waals surface area contributed by atoms with E-state index in [2.05, 4.69) is 12.2 Å². The fraction of sp³-hybridized carbons (Fsp3) is 0.933. The molecule has 0 heterocycles. The second-order valence-electron chi connectivity index (χ2n) is 5.69. The molecule has 1 aliphatic rings. The highest BCUT2D eigenvalue weighted by molar-refractivity contribution is 5.80. The van der Waals surface area contributed by atoms with Gasteiger partial charge >= 0.3 is 5.97 Å². The van der Waals surface area contributed by atoms with Crippen molar-refractivity contribution >= 4 is 5.97 Å². The summed E-state index contributed by atoms with van der Waals surface area (Å²) in [7, 11) is 3.21. The van der Waals surface area contributed by atoms with E-state index in [9.17, 15) is 4.79 Å². The van der Waals surface area contributed by atoms with Crippen molar-refractivity contribution in [2.24, 2.45) is 5.92 Å². The van der Waals surface area contributed by atoms with E-state index in [4.69, 9.17) is 9.47 Å². The summed E-state index contributed by atoms with van der Waals surface area (Å²) in [6.45, 7) is 4.70. The Kier molecular flexibility index (Phi) is 6.80. The second kappa shape index (κ2) is 7.85. The minimum atomic E-state index is -0.648. The summed E-state index contributed by atoms with van der Waals surface area (Å²) < 4.78 is 10.9. The Balaban J connectivity index is 2.41. The van der Waals surface area contributed by atoms with Crippen LogP contribution < -0.4 is 5.32 Å². The molecule has 4 heteroatoms. The molecular formula is C15H29NO3. The summed E-state index contributed by atoms with van der Waals surface area (Å²) >= 11 is 0. The van der Waals surface area contributed by atoms with Gasteiger partial charge in [0.2, 0.25) is 0 Å². The Morgan fingerprint density at radius 1 is 1.37 bits per heavy atom. The largest absolute Gasteiger partial charge is 0.468 e. The topological polar surface area (TPSA) is 47.6 Å². The van der Waals surface area contributed by atoms with Crippen LogP contribution in [0, 0.1) is 5.92 Å². The monoisotopic (exact) mass is 271 g/mol. The summed E-state index contributed by atoms with van der Waals surface area (Å²) in [6, 6.07) is 0. The molecule has 0 aliphatic heterocycles. The van der Waals surface area contributed by atoms with E-state index < -0.39 is 5.54 Å². The van der Waals surface area contributed by atoms with E-state index in [1.807, 2.05) is 6.92 Å². The zero-order valence-electron chi connectivity index (χ0n) is 12.8. The summed E-state index contributed by atoms with van der Waals surface area (Å²) in [6.07, 6.45) is 7.23. The zero-order chi connectivity index (χ0) is 14.3. The Labute approximate surface area is 117 Å². The molecule has 0 aromatic heterocycles. The fourth-order valence-corrected chi connectivity index (χ4v) is 2.83. The van der Waals surface area contributed by atoms with Gasteiger partial charge in [0.05, 0.1) is 13.2 Å². The van der Waals surface area contributed by atoms with Gasteiger partial charge in [-0.1, -0.05) is 26.2 Å². The van der Waals surface area contributed by atoms with Gasteiger partial charge in [-0.2, -0.15) is 0 Å². The van der Waals surface area contributed by atoms with Gasteiger partial charge in [0.25, 0.3) is 0 Å². The highest BCUT2D eigenvalue weighted by Crippen LogP contribution is 2.29. The minimum Gasteiger partial charge on any atom is -0.468 e. The van der Waals surface area contributed by atoms with Crippen LogP contribution in [-0.4, -0.2) is 38.4 Å². The molecule has 1 rings (SSSR count). The lowest BCUT2D eigenvalue weighted by atomic mass is 9.84. The van der Waals surface area contributed by atoms with Crippen molar-refractivity contribution < 1.29 is 14.3 Å². The minimum absolute atomic E-state index is 0.228. The first kappa shape index (κ1) is 16.4. The van der Waals surface area contributed by atoms with Crippen LogP contribution in [-0.2, 0) is 14.3 Å². The maximum Gasteiger partial charge on any atom is 0.325 e. The van der Waals surface area contributed by atoms with Crippen molar-refractivity contribution in [3.8, 4) is 0 Å².